The quantitative estimate of drug-likeness (QED) is 0.654. The number of fused-ring (bicyclic) bond motifs is 1. The summed E-state index contributed by atoms with van der Waals surface area (Å²) < 4.78 is 4.58. The zero-order valence-electron chi connectivity index (χ0n) is 9.03. The van der Waals surface area contributed by atoms with E-state index in [2.05, 4.69) is 21.9 Å². The Morgan fingerprint density at radius 2 is 2.25 bits per heavy atom. The van der Waals surface area contributed by atoms with Crippen LogP contribution in [0.4, 0.5) is 0 Å². The van der Waals surface area contributed by atoms with E-state index in [1.54, 1.807) is 11.8 Å². The molecule has 0 aliphatic carbocycles. The van der Waals surface area contributed by atoms with Crippen LogP contribution in [0.5, 0.6) is 0 Å². The molecule has 0 unspecified atom stereocenters. The van der Waals surface area contributed by atoms with Gasteiger partial charge >= 0.3 is 5.97 Å². The van der Waals surface area contributed by atoms with Crippen LogP contribution < -0.4 is 0 Å². The van der Waals surface area contributed by atoms with Gasteiger partial charge in [-0.05, 0) is 12.1 Å². The first-order valence-electron chi connectivity index (χ1n) is 5.07. The maximum atomic E-state index is 10.9. The third-order valence-corrected chi connectivity index (χ3v) is 3.24. The Hall–Kier alpha value is -1.42. The Bertz CT molecular complexity index is 459. The van der Waals surface area contributed by atoms with Crippen LogP contribution in [0, 0.1) is 0 Å². The fourth-order valence-corrected chi connectivity index (χ4v) is 2.35. The van der Waals surface area contributed by atoms with Gasteiger partial charge in [-0.1, -0.05) is 18.2 Å². The average Bonchev–Trinajstić information content (AvgIpc) is 2.71. The molecule has 0 spiro atoms. The van der Waals surface area contributed by atoms with Crippen LogP contribution in [0.2, 0.25) is 0 Å². The molecule has 16 heavy (non-hydrogen) atoms. The zero-order chi connectivity index (χ0) is 11.4. The van der Waals surface area contributed by atoms with E-state index in [-0.39, 0.29) is 5.97 Å². The summed E-state index contributed by atoms with van der Waals surface area (Å²) in [4.78, 5) is 14.2. The number of aromatic nitrogens is 1. The number of aromatic amines is 1. The van der Waals surface area contributed by atoms with Crippen molar-refractivity contribution in [3.8, 4) is 0 Å². The van der Waals surface area contributed by atoms with Crippen molar-refractivity contribution in [3.05, 3.63) is 30.3 Å². The number of para-hydroxylation sites is 1. The molecule has 1 heterocycles. The van der Waals surface area contributed by atoms with E-state index in [1.165, 1.54) is 12.5 Å². The monoisotopic (exact) mass is 235 g/mol. The average molecular weight is 235 g/mol. The van der Waals surface area contributed by atoms with Gasteiger partial charge in [0.05, 0.1) is 18.6 Å². The summed E-state index contributed by atoms with van der Waals surface area (Å²) >= 11 is 1.63. The van der Waals surface area contributed by atoms with E-state index in [4.69, 9.17) is 0 Å². The van der Waals surface area contributed by atoms with E-state index in [0.717, 1.165) is 16.3 Å². The molecule has 0 radical (unpaired) electrons. The van der Waals surface area contributed by atoms with Crippen LogP contribution in [-0.4, -0.2) is 23.8 Å². The summed E-state index contributed by atoms with van der Waals surface area (Å²) in [5.74, 6) is 0.572. The predicted octanol–water partition coefficient (Wildman–Crippen LogP) is 2.82. The summed E-state index contributed by atoms with van der Waals surface area (Å²) in [6.45, 7) is 0. The van der Waals surface area contributed by atoms with E-state index < -0.39 is 0 Å². The topological polar surface area (TPSA) is 42.1 Å². The van der Waals surface area contributed by atoms with E-state index in [0.29, 0.717) is 6.42 Å². The van der Waals surface area contributed by atoms with Crippen molar-refractivity contribution < 1.29 is 9.53 Å². The highest BCUT2D eigenvalue weighted by Gasteiger charge is 2.03. The molecule has 2 rings (SSSR count). The number of H-pyrrole nitrogens is 1. The first-order valence-corrected chi connectivity index (χ1v) is 6.05. The number of nitrogens with one attached hydrogen (secondary N) is 1. The maximum Gasteiger partial charge on any atom is 0.306 e. The number of ether oxygens (including phenoxy) is 1. The van der Waals surface area contributed by atoms with Crippen LogP contribution in [0.25, 0.3) is 10.9 Å². The lowest BCUT2D eigenvalue weighted by atomic mass is 10.3. The molecule has 0 amide bonds. The summed E-state index contributed by atoms with van der Waals surface area (Å²) in [6, 6.07) is 10.2. The minimum atomic E-state index is -0.163. The minimum Gasteiger partial charge on any atom is -0.469 e. The van der Waals surface area contributed by atoms with Gasteiger partial charge in [0.15, 0.2) is 0 Å². The first kappa shape index (κ1) is 11.1. The number of hydrogen-bond donors (Lipinski definition) is 1. The number of thioether (sulfide) groups is 1. The summed E-state index contributed by atoms with van der Waals surface area (Å²) in [5.41, 5.74) is 1.13. The van der Waals surface area contributed by atoms with Gasteiger partial charge in [0, 0.05) is 16.7 Å². The van der Waals surface area contributed by atoms with Gasteiger partial charge in [-0.3, -0.25) is 4.79 Å². The Labute approximate surface area is 98.2 Å². The molecule has 4 heteroatoms. The summed E-state index contributed by atoms with van der Waals surface area (Å²) in [7, 11) is 1.41. The molecule has 2 aromatic rings. The molecule has 0 bridgehead atoms. The maximum absolute atomic E-state index is 10.9. The number of carbonyl (C=O) groups excluding carboxylic acids is 1. The highest BCUT2D eigenvalue weighted by atomic mass is 32.2. The number of hydrogen-bond acceptors (Lipinski definition) is 3. The SMILES string of the molecule is COC(=O)CCSc1cc2ccccc2[nH]1. The lowest BCUT2D eigenvalue weighted by molar-refractivity contribution is -0.140. The number of benzene rings is 1. The Kier molecular flexibility index (Phi) is 3.51. The van der Waals surface area contributed by atoms with E-state index >= 15 is 0 Å². The van der Waals surface area contributed by atoms with Crippen molar-refractivity contribution in [3.63, 3.8) is 0 Å². The van der Waals surface area contributed by atoms with Crippen LogP contribution >= 0.6 is 11.8 Å². The summed E-state index contributed by atoms with van der Waals surface area (Å²) in [5, 5.41) is 2.29. The molecule has 0 atom stereocenters. The van der Waals surface area contributed by atoms with Crippen molar-refractivity contribution in [1.82, 2.24) is 4.98 Å². The Morgan fingerprint density at radius 3 is 3.00 bits per heavy atom. The minimum absolute atomic E-state index is 0.163. The van der Waals surface area contributed by atoms with Crippen molar-refractivity contribution >= 4 is 28.6 Å². The van der Waals surface area contributed by atoms with Gasteiger partial charge < -0.3 is 9.72 Å². The molecule has 0 saturated carbocycles. The Morgan fingerprint density at radius 1 is 1.44 bits per heavy atom. The molecular weight excluding hydrogens is 222 g/mol. The molecule has 0 aliphatic rings. The Balaban J connectivity index is 1.97. The third-order valence-electron chi connectivity index (χ3n) is 2.30. The molecule has 3 nitrogen and oxygen atoms in total. The predicted molar refractivity (Wildman–Crippen MR) is 65.7 cm³/mol. The van der Waals surface area contributed by atoms with E-state index in [9.17, 15) is 4.79 Å². The molecule has 0 aliphatic heterocycles. The van der Waals surface area contributed by atoms with Crippen molar-refractivity contribution in [1.29, 1.82) is 0 Å². The van der Waals surface area contributed by atoms with Gasteiger partial charge in [0.1, 0.15) is 0 Å². The second-order valence-electron chi connectivity index (χ2n) is 3.40. The van der Waals surface area contributed by atoms with Gasteiger partial charge in [0.2, 0.25) is 0 Å². The lowest BCUT2D eigenvalue weighted by Gasteiger charge is -1.97. The number of rotatable bonds is 4. The fourth-order valence-electron chi connectivity index (χ4n) is 1.47. The summed E-state index contributed by atoms with van der Waals surface area (Å²) in [6.07, 6.45) is 0.441. The highest BCUT2D eigenvalue weighted by molar-refractivity contribution is 7.99. The molecule has 1 aromatic heterocycles. The van der Waals surface area contributed by atoms with Gasteiger partial charge in [-0.25, -0.2) is 0 Å². The van der Waals surface area contributed by atoms with Crippen LogP contribution in [0.3, 0.4) is 0 Å². The van der Waals surface area contributed by atoms with Crippen molar-refractivity contribution in [2.75, 3.05) is 12.9 Å². The third kappa shape index (κ3) is 2.58. The second-order valence-corrected chi connectivity index (χ2v) is 4.53. The highest BCUT2D eigenvalue weighted by Crippen LogP contribution is 2.23. The standard InChI is InChI=1S/C12H13NO2S/c1-15-12(14)6-7-16-11-8-9-4-2-3-5-10(9)13-11/h2-5,8,13H,6-7H2,1H3. The first-order chi connectivity index (χ1) is 7.79. The van der Waals surface area contributed by atoms with E-state index in [1.807, 2.05) is 18.2 Å². The van der Waals surface area contributed by atoms with Crippen molar-refractivity contribution in [2.24, 2.45) is 0 Å². The number of esters is 1. The molecule has 1 N–H and O–H groups in total. The number of methoxy groups -OCH3 is 1. The van der Waals surface area contributed by atoms with Crippen LogP contribution in [0.1, 0.15) is 6.42 Å². The molecule has 84 valence electrons. The van der Waals surface area contributed by atoms with Crippen LogP contribution in [-0.2, 0) is 9.53 Å². The molecule has 0 fully saturated rings. The largest absolute Gasteiger partial charge is 0.469 e. The van der Waals surface area contributed by atoms with Crippen molar-refractivity contribution in [2.45, 2.75) is 11.4 Å². The normalized spacial score (nSPS) is 10.6. The van der Waals surface area contributed by atoms with Crippen LogP contribution in [0.15, 0.2) is 35.4 Å². The number of carbonyl (C=O) groups is 1. The smallest absolute Gasteiger partial charge is 0.306 e. The molecule has 1 aromatic carbocycles. The molecule has 0 saturated heterocycles. The van der Waals surface area contributed by atoms with Gasteiger partial charge in [0.25, 0.3) is 0 Å². The van der Waals surface area contributed by atoms with Gasteiger partial charge in [-0.2, -0.15) is 0 Å². The molecular formula is C12H13NO2S. The van der Waals surface area contributed by atoms with Gasteiger partial charge in [-0.15, -0.1) is 11.8 Å². The second kappa shape index (κ2) is 5.07. The lowest BCUT2D eigenvalue weighted by Crippen LogP contribution is -2.00. The zero-order valence-corrected chi connectivity index (χ0v) is 9.84. The fraction of sp³-hybridized carbons (Fsp3) is 0.250.